The second-order valence-corrected chi connectivity index (χ2v) is 10.3. The molecule has 0 amide bonds. The summed E-state index contributed by atoms with van der Waals surface area (Å²) in [6.45, 7) is 9.43. The van der Waals surface area contributed by atoms with Gasteiger partial charge in [-0.05, 0) is 25.7 Å². The molecule has 0 spiro atoms. The third-order valence-corrected chi connectivity index (χ3v) is 8.53. The zero-order valence-corrected chi connectivity index (χ0v) is 15.6. The largest absolute Gasteiger partial charge is 1.00 e. The minimum Gasteiger partial charge on any atom is -0.759 e. The normalized spacial score (nSPS) is 11.3. The zero-order valence-electron chi connectivity index (χ0n) is 13.9. The molecule has 0 aromatic carbocycles. The molecule has 0 rings (SSSR count). The van der Waals surface area contributed by atoms with Crippen molar-refractivity contribution in [2.45, 2.75) is 59.8 Å². The second kappa shape index (κ2) is 14.8. The maximum Gasteiger partial charge on any atom is 1.00 e. The van der Waals surface area contributed by atoms with Gasteiger partial charge in [0.15, 0.2) is 0 Å². The summed E-state index contributed by atoms with van der Waals surface area (Å²) in [5.74, 6) is 0. The van der Waals surface area contributed by atoms with Gasteiger partial charge in [0.1, 0.15) is 0 Å². The molecule has 0 bridgehead atoms. The quantitative estimate of drug-likeness (QED) is 0.271. The molecule has 0 fully saturated rings. The molecule has 7 heteroatoms. The van der Waals surface area contributed by atoms with E-state index >= 15 is 0 Å². The smallest absolute Gasteiger partial charge is 0.759 e. The monoisotopic (exact) mass is 320 g/mol. The molecule has 0 aromatic rings. The Bertz CT molecular complexity index is 272. The summed E-state index contributed by atoms with van der Waals surface area (Å²) in [5, 5.41) is 0. The van der Waals surface area contributed by atoms with Gasteiger partial charge in [-0.25, -0.2) is 0 Å². The van der Waals surface area contributed by atoms with Crippen molar-refractivity contribution in [2.24, 2.45) is 0 Å². The average molecular weight is 320 g/mol. The summed E-state index contributed by atoms with van der Waals surface area (Å²) in [6, 6.07) is 0. The zero-order chi connectivity index (χ0) is 15.4. The van der Waals surface area contributed by atoms with E-state index in [1.165, 1.54) is 32.1 Å². The van der Waals surface area contributed by atoms with Gasteiger partial charge in [0.25, 0.3) is 0 Å². The average Bonchev–Trinajstić information content (AvgIpc) is 2.25. The van der Waals surface area contributed by atoms with Crippen LogP contribution in [0.3, 0.4) is 0 Å². The molecule has 0 unspecified atom stereocenters. The van der Waals surface area contributed by atoms with Crippen LogP contribution in [-0.2, 0) is 10.4 Å². The van der Waals surface area contributed by atoms with Crippen LogP contribution in [-0.4, -0.2) is 42.2 Å². The molecule has 0 aliphatic carbocycles. The Morgan fingerprint density at radius 3 is 1.25 bits per heavy atom. The van der Waals surface area contributed by atoms with Crippen LogP contribution in [0.5, 0.6) is 0 Å². The van der Waals surface area contributed by atoms with Crippen LogP contribution in [0.15, 0.2) is 0 Å². The van der Waals surface area contributed by atoms with Gasteiger partial charge in [0.2, 0.25) is 0 Å². The minimum atomic E-state index is -5.17. The van der Waals surface area contributed by atoms with Gasteiger partial charge < -0.3 is 9.11 Å². The van der Waals surface area contributed by atoms with Crippen molar-refractivity contribution >= 4 is 17.7 Å². The Hall–Kier alpha value is 0.897. The Labute approximate surface area is 138 Å². The summed E-state index contributed by atoms with van der Waals surface area (Å²) in [6.07, 6.45) is 13.4. The first-order valence-corrected chi connectivity index (χ1v) is 11.1. The molecular formula is C13H30LiO4PS. The maximum atomic E-state index is 8.52. The summed E-state index contributed by atoms with van der Waals surface area (Å²) < 4.78 is 34.1. The molecule has 4 nitrogen and oxygen atoms in total. The van der Waals surface area contributed by atoms with Crippen LogP contribution >= 0.6 is 7.26 Å². The van der Waals surface area contributed by atoms with E-state index in [0.717, 1.165) is 0 Å². The van der Waals surface area contributed by atoms with Crippen molar-refractivity contribution in [3.8, 4) is 0 Å². The molecule has 0 aliphatic rings. The van der Waals surface area contributed by atoms with E-state index in [9.17, 15) is 0 Å². The molecule has 0 radical (unpaired) electrons. The fourth-order valence-corrected chi connectivity index (χ4v) is 7.76. The van der Waals surface area contributed by atoms with E-state index in [1.807, 2.05) is 0 Å². The van der Waals surface area contributed by atoms with E-state index in [0.29, 0.717) is 0 Å². The van der Waals surface area contributed by atoms with Gasteiger partial charge in [0.05, 0.1) is 24.6 Å². The first kappa shape index (κ1) is 25.8. The van der Waals surface area contributed by atoms with Crippen LogP contribution < -0.4 is 18.9 Å². The van der Waals surface area contributed by atoms with Crippen LogP contribution in [0.4, 0.5) is 0 Å². The van der Waals surface area contributed by atoms with Crippen LogP contribution in [0.2, 0.25) is 0 Å². The van der Waals surface area contributed by atoms with Crippen molar-refractivity contribution < 1.29 is 36.4 Å². The molecule has 0 N–H and O–H groups in total. The summed E-state index contributed by atoms with van der Waals surface area (Å²) in [4.78, 5) is 0. The third kappa shape index (κ3) is 18.9. The molecular weight excluding hydrogens is 290 g/mol. The van der Waals surface area contributed by atoms with Gasteiger partial charge in [-0.2, -0.15) is 0 Å². The molecule has 0 saturated carbocycles. The van der Waals surface area contributed by atoms with Crippen LogP contribution in [0.1, 0.15) is 59.8 Å². The standard InChI is InChI=1S/C13H30P.Li.H2O4S/c1-5-9-13-14(10-6-2,11-7-3)12-8-4;;1-5(2,3)4/h5-13H2,1-4H3;;(H2,1,2,3,4)/q2*+1;/p-2. The Morgan fingerprint density at radius 2 is 1.05 bits per heavy atom. The van der Waals surface area contributed by atoms with E-state index in [4.69, 9.17) is 17.5 Å². The van der Waals surface area contributed by atoms with Crippen molar-refractivity contribution in [3.63, 3.8) is 0 Å². The number of rotatable bonds is 9. The third-order valence-electron chi connectivity index (χ3n) is 3.08. The van der Waals surface area contributed by atoms with Crippen molar-refractivity contribution in [1.29, 1.82) is 0 Å². The van der Waals surface area contributed by atoms with Crippen LogP contribution in [0, 0.1) is 0 Å². The molecule has 0 heterocycles. The van der Waals surface area contributed by atoms with E-state index < -0.39 is 17.7 Å². The summed E-state index contributed by atoms with van der Waals surface area (Å²) in [7, 11) is -5.68. The molecule has 0 aromatic heterocycles. The van der Waals surface area contributed by atoms with E-state index in [2.05, 4.69) is 27.7 Å². The van der Waals surface area contributed by atoms with Crippen LogP contribution in [0.25, 0.3) is 0 Å². The summed E-state index contributed by atoms with van der Waals surface area (Å²) in [5.41, 5.74) is 0. The first-order valence-electron chi connectivity index (χ1n) is 7.26. The fraction of sp³-hybridized carbons (Fsp3) is 1.00. The van der Waals surface area contributed by atoms with E-state index in [1.54, 1.807) is 24.6 Å². The molecule has 118 valence electrons. The van der Waals surface area contributed by atoms with Crippen molar-refractivity contribution in [2.75, 3.05) is 24.6 Å². The van der Waals surface area contributed by atoms with Crippen molar-refractivity contribution in [1.82, 2.24) is 0 Å². The summed E-state index contributed by atoms with van der Waals surface area (Å²) >= 11 is 0. The van der Waals surface area contributed by atoms with Gasteiger partial charge in [-0.15, -0.1) is 0 Å². The van der Waals surface area contributed by atoms with Gasteiger partial charge in [0, 0.05) is 17.7 Å². The molecule has 20 heavy (non-hydrogen) atoms. The van der Waals surface area contributed by atoms with Crippen molar-refractivity contribution in [3.05, 3.63) is 0 Å². The predicted octanol–water partition coefficient (Wildman–Crippen LogP) is 0.700. The number of unbranched alkanes of at least 4 members (excludes halogenated alkanes) is 1. The maximum absolute atomic E-state index is 8.52. The SMILES string of the molecule is CCCC[P+](CCC)(CCC)CCC.O=S(=O)([O-])[O-].[Li+]. The molecule has 0 saturated heterocycles. The van der Waals surface area contributed by atoms with Gasteiger partial charge >= 0.3 is 18.9 Å². The molecule has 0 atom stereocenters. The van der Waals surface area contributed by atoms with E-state index in [-0.39, 0.29) is 18.9 Å². The van der Waals surface area contributed by atoms with Gasteiger partial charge in [-0.1, -0.05) is 34.1 Å². The Balaban J connectivity index is -0.000000414. The van der Waals surface area contributed by atoms with Gasteiger partial charge in [-0.3, -0.25) is 8.42 Å². The predicted molar refractivity (Wildman–Crippen MR) is 82.6 cm³/mol. The fourth-order valence-electron chi connectivity index (χ4n) is 2.59. The number of hydrogen-bond acceptors (Lipinski definition) is 4. The Kier molecular flexibility index (Phi) is 19.1. The number of hydrogen-bond donors (Lipinski definition) is 0. The first-order chi connectivity index (χ1) is 8.74. The Morgan fingerprint density at radius 1 is 0.750 bits per heavy atom. The minimum absolute atomic E-state index is 0. The topological polar surface area (TPSA) is 80.3 Å². The molecule has 0 aliphatic heterocycles. The second-order valence-electron chi connectivity index (χ2n) is 5.00.